The summed E-state index contributed by atoms with van der Waals surface area (Å²) in [4.78, 5) is 40.4. The van der Waals surface area contributed by atoms with Gasteiger partial charge in [-0.05, 0) is 141 Å². The van der Waals surface area contributed by atoms with Crippen LogP contribution in [0.1, 0.15) is 121 Å². The molecule has 4 aliphatic heterocycles. The molecule has 0 radical (unpaired) electrons. The quantitative estimate of drug-likeness (QED) is 0.0702. The molecule has 386 valence electrons. The fraction of sp³-hybridized carbons (Fsp3) is 0.560. The summed E-state index contributed by atoms with van der Waals surface area (Å²) in [5, 5.41) is 21.1. The molecule has 2 fully saturated rings. The number of rotatable bonds is 12. The van der Waals surface area contributed by atoms with E-state index in [2.05, 4.69) is 34.0 Å². The van der Waals surface area contributed by atoms with Gasteiger partial charge in [0.1, 0.15) is 35.5 Å². The van der Waals surface area contributed by atoms with Gasteiger partial charge < -0.3 is 28.7 Å². The molecule has 1 N–H and O–H groups in total. The average Bonchev–Trinajstić information content (AvgIpc) is 4.01. The second kappa shape index (κ2) is 26.8. The van der Waals surface area contributed by atoms with Crippen LogP contribution in [-0.4, -0.2) is 109 Å². The van der Waals surface area contributed by atoms with Crippen LogP contribution in [0.25, 0.3) is 21.9 Å². The number of piperidine rings is 2. The monoisotopic (exact) mass is 1080 g/mol. The largest absolute Gasteiger partial charge is 0.385 e. The third-order valence-corrected chi connectivity index (χ3v) is 15.3. The van der Waals surface area contributed by atoms with Crippen molar-refractivity contribution in [1.29, 1.82) is 1.28 Å². The molecule has 71 heavy (non-hydrogen) atoms. The van der Waals surface area contributed by atoms with Crippen LogP contribution in [0.2, 0.25) is 0 Å². The maximum absolute atomic E-state index is 13.5. The summed E-state index contributed by atoms with van der Waals surface area (Å²) >= 11 is 8.41. The number of aliphatic hydroxyl groups is 1. The second-order valence-electron chi connectivity index (χ2n) is 18.4. The SMILES string of the molecule is CSCCl.CSCOC1CCCn2c1nc(C)c(CCN1CCC(c3noc4cc(F)ccc34)CC1)c2=O.Cc1nc2n(c(=O)c1CCN1CCC(c3noc4cc(F)ccc34)CC1)CCCC2O.[2H]PP. The van der Waals surface area contributed by atoms with Gasteiger partial charge in [0.25, 0.3) is 11.1 Å². The van der Waals surface area contributed by atoms with Crippen molar-refractivity contribution in [3.63, 3.8) is 0 Å². The Morgan fingerprint density at radius 3 is 1.66 bits per heavy atom. The molecule has 8 heterocycles. The first kappa shape index (κ1) is 54.0. The fourth-order valence-corrected chi connectivity index (χ4v) is 10.5. The van der Waals surface area contributed by atoms with E-state index in [1.807, 2.05) is 30.9 Å². The Morgan fingerprint density at radius 2 is 1.20 bits per heavy atom. The minimum absolute atomic E-state index is 0.00237. The topological polar surface area (TPSA) is 158 Å². The summed E-state index contributed by atoms with van der Waals surface area (Å²) in [6, 6.07) is 9.20. The van der Waals surface area contributed by atoms with Crippen LogP contribution in [0.5, 0.6) is 0 Å². The smallest absolute Gasteiger partial charge is 0.257 e. The van der Waals surface area contributed by atoms with Gasteiger partial charge in [0.2, 0.25) is 0 Å². The van der Waals surface area contributed by atoms with Gasteiger partial charge in [-0.3, -0.25) is 18.7 Å². The number of benzene rings is 2. The first-order valence-electron chi connectivity index (χ1n) is 24.8. The minimum atomic E-state index is -0.641. The van der Waals surface area contributed by atoms with E-state index in [0.717, 1.165) is 135 Å². The Hall–Kier alpha value is -3.31. The van der Waals surface area contributed by atoms with E-state index in [9.17, 15) is 23.5 Å². The number of nitrogens with zero attached hydrogens (tertiary/aromatic N) is 8. The average molecular weight is 1080 g/mol. The number of hydrogen-bond donors (Lipinski definition) is 1. The number of fused-ring (bicyclic) bond motifs is 4. The number of likely N-dealkylation sites (tertiary alicyclic amines) is 2. The molecule has 0 spiro atoms. The maximum atomic E-state index is 13.5. The number of thioether (sulfide) groups is 2. The predicted molar refractivity (Wildman–Crippen MR) is 288 cm³/mol. The Morgan fingerprint density at radius 1 is 0.746 bits per heavy atom. The highest BCUT2D eigenvalue weighted by Gasteiger charge is 2.30. The zero-order chi connectivity index (χ0) is 51.3. The van der Waals surface area contributed by atoms with Gasteiger partial charge in [-0.1, -0.05) is 10.3 Å². The van der Waals surface area contributed by atoms with Crippen molar-refractivity contribution in [3.8, 4) is 0 Å². The molecule has 4 atom stereocenters. The standard InChI is InChI=1S/C25H31FN4O3S.C23H27FN4O3.C2H5ClS.H4P2/c1-16-19(25(31)30-10-3-4-21(24(30)27-16)32-15-34-2)9-13-29-11-7-17(8-12-29)23-20-6-5-18(26)14-22(20)33-28-23;1-14-17(23(30)28-9-2-3-19(29)22(28)25-14)8-12-27-10-6-15(7-11-27)21-18-5-4-16(24)13-20(18)31-26-21;1-4-2-3;1-2/h5-6,14,17,21H,3-4,7-13,15H2,1-2H3;4-5,13,15,19,29H,2-3,6-12H2,1H3;2H2,1H3;1-2H2/i;;;1D. The van der Waals surface area contributed by atoms with E-state index < -0.39 is 6.10 Å². The van der Waals surface area contributed by atoms with Crippen molar-refractivity contribution in [1.82, 2.24) is 39.2 Å². The lowest BCUT2D eigenvalue weighted by Crippen LogP contribution is -2.38. The molecule has 2 aromatic carbocycles. The third kappa shape index (κ3) is 13.5. The predicted octanol–water partition coefficient (Wildman–Crippen LogP) is 9.70. The van der Waals surface area contributed by atoms with Gasteiger partial charge in [0, 0.05) is 83.4 Å². The van der Waals surface area contributed by atoms with Crippen LogP contribution in [0.3, 0.4) is 0 Å². The minimum Gasteiger partial charge on any atom is -0.385 e. The highest BCUT2D eigenvalue weighted by atomic mass is 35.5. The lowest BCUT2D eigenvalue weighted by Gasteiger charge is -2.31. The molecular weight excluding hydrogens is 1010 g/mol. The lowest BCUT2D eigenvalue weighted by molar-refractivity contribution is 0.0585. The number of aliphatic hydroxyl groups excluding tert-OH is 1. The molecule has 0 aliphatic carbocycles. The van der Waals surface area contributed by atoms with Crippen molar-refractivity contribution in [2.45, 2.75) is 115 Å². The van der Waals surface area contributed by atoms with Crippen LogP contribution >= 0.6 is 52.9 Å². The van der Waals surface area contributed by atoms with E-state index in [-0.39, 0.29) is 37.7 Å². The molecule has 6 aromatic rings. The number of alkyl halides is 1. The number of hydrogen-bond acceptors (Lipinski definition) is 14. The summed E-state index contributed by atoms with van der Waals surface area (Å²) in [6.07, 6.45) is 11.7. The molecule has 0 amide bonds. The maximum Gasteiger partial charge on any atom is 0.257 e. The van der Waals surface area contributed by atoms with Gasteiger partial charge in [0.05, 0.1) is 23.8 Å². The molecule has 0 bridgehead atoms. The van der Waals surface area contributed by atoms with Crippen molar-refractivity contribution in [2.75, 3.05) is 62.9 Å². The van der Waals surface area contributed by atoms with E-state index in [1.165, 1.54) is 24.3 Å². The zero-order valence-electron chi connectivity index (χ0n) is 42.0. The van der Waals surface area contributed by atoms with Crippen LogP contribution in [0.15, 0.2) is 55.0 Å². The van der Waals surface area contributed by atoms with E-state index in [4.69, 9.17) is 31.6 Å². The van der Waals surface area contributed by atoms with Crippen molar-refractivity contribution < 1.29 is 27.7 Å². The molecule has 4 unspecified atom stereocenters. The summed E-state index contributed by atoms with van der Waals surface area (Å²) in [5.41, 5.74) is 6.08. The van der Waals surface area contributed by atoms with Crippen molar-refractivity contribution in [3.05, 3.63) is 114 Å². The van der Waals surface area contributed by atoms with Crippen LogP contribution in [0.4, 0.5) is 8.78 Å². The molecule has 2 saturated heterocycles. The third-order valence-electron chi connectivity index (χ3n) is 14.0. The van der Waals surface area contributed by atoms with Gasteiger partial charge in [-0.2, -0.15) is 0 Å². The van der Waals surface area contributed by atoms with E-state index in [1.54, 1.807) is 40.2 Å². The number of ether oxygens (including phenoxy) is 1. The molecule has 4 aromatic heterocycles. The Labute approximate surface area is 433 Å². The number of aryl methyl sites for hydroxylation is 2. The fourth-order valence-electron chi connectivity index (χ4n) is 10.2. The number of halogens is 3. The van der Waals surface area contributed by atoms with Crippen molar-refractivity contribution >= 4 is 74.9 Å². The molecule has 21 heteroatoms. The van der Waals surface area contributed by atoms with Gasteiger partial charge in [0.15, 0.2) is 11.2 Å². The Bertz CT molecular complexity index is 2840. The van der Waals surface area contributed by atoms with Gasteiger partial charge >= 0.3 is 0 Å². The zero-order valence-corrected chi connectivity index (χ0v) is 45.6. The molecule has 14 nitrogen and oxygen atoms in total. The van der Waals surface area contributed by atoms with Crippen molar-refractivity contribution in [2.24, 2.45) is 0 Å². The second-order valence-corrected chi connectivity index (χ2v) is 20.7. The lowest BCUT2D eigenvalue weighted by atomic mass is 9.91. The van der Waals surface area contributed by atoms with Gasteiger partial charge in [-0.25, -0.2) is 18.7 Å². The van der Waals surface area contributed by atoms with Crippen LogP contribution in [-0.2, 0) is 30.7 Å². The molecular formula is C50H67ClF2N8O6P2S2. The van der Waals surface area contributed by atoms with Crippen LogP contribution < -0.4 is 11.1 Å². The van der Waals surface area contributed by atoms with E-state index in [0.29, 0.717) is 72.3 Å². The Balaban J connectivity index is 0.000000188. The molecule has 0 saturated carbocycles. The summed E-state index contributed by atoms with van der Waals surface area (Å²) < 4.78 is 53.2. The molecule has 10 rings (SSSR count). The van der Waals surface area contributed by atoms with Gasteiger partial charge in [-0.15, -0.1) is 52.9 Å². The highest BCUT2D eigenvalue weighted by molar-refractivity contribution is 7.99. The first-order chi connectivity index (χ1) is 34.9. The summed E-state index contributed by atoms with van der Waals surface area (Å²) in [6.45, 7) is 10.5. The molecule has 4 aliphatic rings. The Kier molecular flexibility index (Phi) is 20.3. The number of aromatic nitrogens is 6. The van der Waals surface area contributed by atoms with E-state index >= 15 is 0 Å². The summed E-state index contributed by atoms with van der Waals surface area (Å²) in [7, 11) is 2.52. The highest BCUT2D eigenvalue weighted by Crippen LogP contribution is 2.35. The first-order valence-corrected chi connectivity index (χ1v) is 30.0. The summed E-state index contributed by atoms with van der Waals surface area (Å²) in [5.74, 6) is 1.88. The normalized spacial score (nSPS) is 19.1. The van der Waals surface area contributed by atoms with Crippen LogP contribution in [0, 0.1) is 25.5 Å².